The number of anilines is 2. The Labute approximate surface area is 164 Å². The van der Waals surface area contributed by atoms with Crippen LogP contribution >= 0.6 is 22.6 Å². The van der Waals surface area contributed by atoms with Crippen LogP contribution in [0.15, 0.2) is 36.4 Å². The average Bonchev–Trinajstić information content (AvgIpc) is 2.63. The molecule has 0 aliphatic rings. The minimum Gasteiger partial charge on any atom is -0.497 e. The number of nitrogen functional groups attached to an aromatic ring is 1. The van der Waals surface area contributed by atoms with Gasteiger partial charge in [-0.15, -0.1) is 0 Å². The van der Waals surface area contributed by atoms with Gasteiger partial charge in [0, 0.05) is 15.3 Å². The fourth-order valence-electron chi connectivity index (χ4n) is 2.13. The van der Waals surface area contributed by atoms with Gasteiger partial charge in [-0.25, -0.2) is 4.79 Å². The Bertz CT molecular complexity index is 825. The third-order valence-electron chi connectivity index (χ3n) is 3.55. The van der Waals surface area contributed by atoms with Crippen molar-refractivity contribution in [3.8, 4) is 11.5 Å². The van der Waals surface area contributed by atoms with Crippen LogP contribution in [0.4, 0.5) is 11.4 Å². The van der Waals surface area contributed by atoms with Gasteiger partial charge < -0.3 is 25.3 Å². The zero-order valence-electron chi connectivity index (χ0n) is 14.5. The molecule has 8 heteroatoms. The average molecular weight is 470 g/mol. The molecule has 3 N–H and O–H groups in total. The molecule has 0 radical (unpaired) electrons. The van der Waals surface area contributed by atoms with Crippen LogP contribution in [0.5, 0.6) is 11.5 Å². The van der Waals surface area contributed by atoms with Crippen molar-refractivity contribution in [1.29, 1.82) is 0 Å². The molecule has 0 aromatic heterocycles. The Morgan fingerprint density at radius 3 is 2.50 bits per heavy atom. The molecular weight excluding hydrogens is 451 g/mol. The number of rotatable bonds is 6. The summed E-state index contributed by atoms with van der Waals surface area (Å²) in [4.78, 5) is 24.7. The number of carbonyl (C=O) groups is 2. The van der Waals surface area contributed by atoms with Crippen molar-refractivity contribution in [3.05, 3.63) is 45.5 Å². The summed E-state index contributed by atoms with van der Waals surface area (Å²) in [5.41, 5.74) is 6.72. The maximum Gasteiger partial charge on any atom is 0.341 e. The molecule has 0 spiro atoms. The monoisotopic (exact) mass is 470 g/mol. The predicted octanol–water partition coefficient (Wildman–Crippen LogP) is 3.07. The topological polar surface area (TPSA) is 99.9 Å². The predicted molar refractivity (Wildman–Crippen MR) is 107 cm³/mol. The second-order valence-electron chi connectivity index (χ2n) is 5.33. The van der Waals surface area contributed by atoms with Gasteiger partial charge in [-0.3, -0.25) is 4.79 Å². The molecule has 2 aromatic carbocycles. The van der Waals surface area contributed by atoms with Gasteiger partial charge in [0.25, 0.3) is 5.91 Å². The minimum absolute atomic E-state index is 0.218. The minimum atomic E-state index is -1.03. The van der Waals surface area contributed by atoms with Crippen molar-refractivity contribution in [2.45, 2.75) is 13.0 Å². The highest BCUT2D eigenvalue weighted by Crippen LogP contribution is 2.29. The highest BCUT2D eigenvalue weighted by Gasteiger charge is 2.22. The van der Waals surface area contributed by atoms with Crippen molar-refractivity contribution in [3.63, 3.8) is 0 Å². The Kier molecular flexibility index (Phi) is 6.67. The summed E-state index contributed by atoms with van der Waals surface area (Å²) in [6, 6.07) is 9.98. The lowest BCUT2D eigenvalue weighted by atomic mass is 10.2. The summed E-state index contributed by atoms with van der Waals surface area (Å²) < 4.78 is 16.4. The first-order valence-corrected chi connectivity index (χ1v) is 8.72. The van der Waals surface area contributed by atoms with Crippen LogP contribution in [0.25, 0.3) is 0 Å². The fraction of sp³-hybridized carbons (Fsp3) is 0.222. The van der Waals surface area contributed by atoms with Crippen LogP contribution in [0.3, 0.4) is 0 Å². The maximum atomic E-state index is 12.4. The van der Waals surface area contributed by atoms with E-state index in [9.17, 15) is 9.59 Å². The van der Waals surface area contributed by atoms with E-state index in [-0.39, 0.29) is 11.3 Å². The number of nitrogens with one attached hydrogen (secondary N) is 1. The number of nitrogens with two attached hydrogens (primary N) is 1. The van der Waals surface area contributed by atoms with Crippen LogP contribution in [-0.2, 0) is 9.53 Å². The molecule has 2 rings (SSSR count). The van der Waals surface area contributed by atoms with Gasteiger partial charge >= 0.3 is 5.97 Å². The first-order chi connectivity index (χ1) is 12.3. The largest absolute Gasteiger partial charge is 0.497 e. The Balaban J connectivity index is 2.10. The number of benzene rings is 2. The van der Waals surface area contributed by atoms with Crippen LogP contribution < -0.4 is 20.5 Å². The summed E-state index contributed by atoms with van der Waals surface area (Å²) in [5.74, 6) is -0.160. The normalized spacial score (nSPS) is 11.4. The summed E-state index contributed by atoms with van der Waals surface area (Å²) in [7, 11) is 3.00. The van der Waals surface area contributed by atoms with E-state index in [1.165, 1.54) is 21.1 Å². The standard InChI is InChI=1S/C18H19IN2O5/c1-10(26-18(23)13-8-11(19)4-6-14(13)20)17(22)21-15-9-12(24-2)5-7-16(15)25-3/h4-10H,20H2,1-3H3,(H,21,22). The summed E-state index contributed by atoms with van der Waals surface area (Å²) >= 11 is 2.06. The van der Waals surface area contributed by atoms with Crippen molar-refractivity contribution in [2.24, 2.45) is 0 Å². The Hall–Kier alpha value is -2.49. The van der Waals surface area contributed by atoms with Crippen molar-refractivity contribution < 1.29 is 23.8 Å². The zero-order valence-corrected chi connectivity index (χ0v) is 16.7. The second-order valence-corrected chi connectivity index (χ2v) is 6.58. The van der Waals surface area contributed by atoms with E-state index < -0.39 is 18.0 Å². The molecule has 1 atom stereocenters. The molecule has 2 aromatic rings. The molecule has 0 saturated heterocycles. The second kappa shape index (κ2) is 8.75. The third kappa shape index (κ3) is 4.78. The molecule has 0 saturated carbocycles. The van der Waals surface area contributed by atoms with Gasteiger partial charge in [0.15, 0.2) is 6.10 Å². The number of carbonyl (C=O) groups excluding carboxylic acids is 2. The van der Waals surface area contributed by atoms with Crippen molar-refractivity contribution in [1.82, 2.24) is 0 Å². The first-order valence-electron chi connectivity index (χ1n) is 7.64. The molecular formula is C18H19IN2O5. The third-order valence-corrected chi connectivity index (χ3v) is 4.22. The fourth-order valence-corrected chi connectivity index (χ4v) is 2.62. The zero-order chi connectivity index (χ0) is 19.3. The summed E-state index contributed by atoms with van der Waals surface area (Å²) in [6.07, 6.45) is -1.03. The quantitative estimate of drug-likeness (QED) is 0.383. The van der Waals surface area contributed by atoms with Gasteiger partial charge in [-0.05, 0) is 59.8 Å². The van der Waals surface area contributed by atoms with E-state index in [4.69, 9.17) is 19.9 Å². The highest BCUT2D eigenvalue weighted by atomic mass is 127. The number of hydrogen-bond donors (Lipinski definition) is 2. The van der Waals surface area contributed by atoms with Gasteiger partial charge in [-0.2, -0.15) is 0 Å². The number of ether oxygens (including phenoxy) is 3. The van der Waals surface area contributed by atoms with Gasteiger partial charge in [-0.1, -0.05) is 0 Å². The summed E-state index contributed by atoms with van der Waals surface area (Å²) in [5, 5.41) is 2.66. The molecule has 7 nitrogen and oxygen atoms in total. The number of amides is 1. The molecule has 26 heavy (non-hydrogen) atoms. The lowest BCUT2D eigenvalue weighted by Gasteiger charge is -2.16. The van der Waals surface area contributed by atoms with E-state index in [1.807, 2.05) is 0 Å². The number of hydrogen-bond acceptors (Lipinski definition) is 6. The molecule has 0 heterocycles. The van der Waals surface area contributed by atoms with Crippen LogP contribution in [0.2, 0.25) is 0 Å². The smallest absolute Gasteiger partial charge is 0.341 e. The van der Waals surface area contributed by atoms with E-state index in [0.717, 1.165) is 3.57 Å². The summed E-state index contributed by atoms with van der Waals surface area (Å²) in [6.45, 7) is 1.48. The van der Waals surface area contributed by atoms with E-state index in [1.54, 1.807) is 36.4 Å². The maximum absolute atomic E-state index is 12.4. The molecule has 0 aliphatic carbocycles. The molecule has 1 amide bonds. The lowest BCUT2D eigenvalue weighted by Crippen LogP contribution is -2.30. The molecule has 1 unspecified atom stereocenters. The highest BCUT2D eigenvalue weighted by molar-refractivity contribution is 14.1. The Morgan fingerprint density at radius 1 is 1.12 bits per heavy atom. The SMILES string of the molecule is COc1ccc(OC)c(NC(=O)C(C)OC(=O)c2cc(I)ccc2N)c1. The van der Waals surface area contributed by atoms with Crippen molar-refractivity contribution in [2.75, 3.05) is 25.3 Å². The van der Waals surface area contributed by atoms with E-state index >= 15 is 0 Å². The van der Waals surface area contributed by atoms with Gasteiger partial charge in [0.05, 0.1) is 25.5 Å². The number of halogens is 1. The van der Waals surface area contributed by atoms with Crippen LogP contribution in [0.1, 0.15) is 17.3 Å². The number of methoxy groups -OCH3 is 2. The first kappa shape index (κ1) is 19.8. The molecule has 0 aliphatic heterocycles. The van der Waals surface area contributed by atoms with Crippen LogP contribution in [-0.4, -0.2) is 32.2 Å². The lowest BCUT2D eigenvalue weighted by molar-refractivity contribution is -0.123. The van der Waals surface area contributed by atoms with Gasteiger partial charge in [0.2, 0.25) is 0 Å². The number of esters is 1. The van der Waals surface area contributed by atoms with E-state index in [0.29, 0.717) is 17.2 Å². The molecule has 0 fully saturated rings. The van der Waals surface area contributed by atoms with E-state index in [2.05, 4.69) is 27.9 Å². The van der Waals surface area contributed by atoms with Gasteiger partial charge in [0.1, 0.15) is 11.5 Å². The Morgan fingerprint density at radius 2 is 1.85 bits per heavy atom. The van der Waals surface area contributed by atoms with Crippen molar-refractivity contribution >= 4 is 45.8 Å². The van der Waals surface area contributed by atoms with Crippen LogP contribution in [0, 0.1) is 3.57 Å². The molecule has 0 bridgehead atoms. The molecule has 138 valence electrons.